The third kappa shape index (κ3) is 2.23. The largest absolute Gasteiger partial charge is 0.374 e. The fraction of sp³-hybridized carbons (Fsp3) is 0.889. The molecule has 2 fully saturated rings. The second-order valence-electron chi connectivity index (χ2n) is 3.71. The van der Waals surface area contributed by atoms with Gasteiger partial charge in [-0.2, -0.15) is 0 Å². The number of carbonyl (C=O) groups is 1. The first kappa shape index (κ1) is 9.46. The Morgan fingerprint density at radius 2 is 2.31 bits per heavy atom. The van der Waals surface area contributed by atoms with E-state index in [9.17, 15) is 4.79 Å². The molecule has 0 spiro atoms. The molecule has 1 atom stereocenters. The molecule has 2 rings (SSSR count). The van der Waals surface area contributed by atoms with Crippen LogP contribution >= 0.6 is 15.9 Å². The van der Waals surface area contributed by atoms with Crippen molar-refractivity contribution in [3.63, 3.8) is 0 Å². The van der Waals surface area contributed by atoms with Crippen molar-refractivity contribution in [2.45, 2.75) is 18.9 Å². The first-order valence-corrected chi connectivity index (χ1v) is 5.89. The standard InChI is InChI=1S/C9H14BrNO2/c10-5-8-6-11(3-4-13-8)9(12)7-1-2-7/h7-8H,1-6H2. The van der Waals surface area contributed by atoms with Crippen LogP contribution in [0.2, 0.25) is 0 Å². The van der Waals surface area contributed by atoms with Crippen LogP contribution in [-0.4, -0.2) is 41.9 Å². The third-order valence-electron chi connectivity index (χ3n) is 2.55. The number of morpholine rings is 1. The Balaban J connectivity index is 1.87. The van der Waals surface area contributed by atoms with Gasteiger partial charge < -0.3 is 9.64 Å². The number of rotatable bonds is 2. The summed E-state index contributed by atoms with van der Waals surface area (Å²) in [7, 11) is 0. The second kappa shape index (κ2) is 3.96. The van der Waals surface area contributed by atoms with E-state index in [1.807, 2.05) is 4.90 Å². The van der Waals surface area contributed by atoms with E-state index in [-0.39, 0.29) is 6.10 Å². The highest BCUT2D eigenvalue weighted by Gasteiger charge is 2.35. The van der Waals surface area contributed by atoms with E-state index in [0.29, 0.717) is 18.4 Å². The summed E-state index contributed by atoms with van der Waals surface area (Å²) in [6.07, 6.45) is 2.38. The van der Waals surface area contributed by atoms with Crippen LogP contribution in [0.1, 0.15) is 12.8 Å². The SMILES string of the molecule is O=C(C1CC1)N1CCOC(CBr)C1. The Hall–Kier alpha value is -0.0900. The van der Waals surface area contributed by atoms with Gasteiger partial charge in [0, 0.05) is 24.3 Å². The first-order valence-electron chi connectivity index (χ1n) is 4.77. The summed E-state index contributed by atoms with van der Waals surface area (Å²) in [6.45, 7) is 2.23. The highest BCUT2D eigenvalue weighted by Crippen LogP contribution is 2.31. The fourth-order valence-corrected chi connectivity index (χ4v) is 1.99. The summed E-state index contributed by atoms with van der Waals surface area (Å²) in [5, 5.41) is 0.821. The molecule has 4 heteroatoms. The number of amides is 1. The van der Waals surface area contributed by atoms with Crippen molar-refractivity contribution >= 4 is 21.8 Å². The average Bonchev–Trinajstić information content (AvgIpc) is 3.00. The van der Waals surface area contributed by atoms with E-state index in [1.165, 1.54) is 0 Å². The molecule has 13 heavy (non-hydrogen) atoms. The van der Waals surface area contributed by atoms with Crippen LogP contribution in [0.25, 0.3) is 0 Å². The molecule has 1 amide bonds. The van der Waals surface area contributed by atoms with Crippen LogP contribution in [0, 0.1) is 5.92 Å². The minimum absolute atomic E-state index is 0.191. The van der Waals surface area contributed by atoms with Gasteiger partial charge in [0.25, 0.3) is 0 Å². The van der Waals surface area contributed by atoms with Gasteiger partial charge in [0.2, 0.25) is 5.91 Å². The van der Waals surface area contributed by atoms with Crippen LogP contribution in [0.4, 0.5) is 0 Å². The predicted octanol–water partition coefficient (Wildman–Crippen LogP) is 1.02. The molecule has 0 aromatic heterocycles. The molecular weight excluding hydrogens is 234 g/mol. The molecule has 0 bridgehead atoms. The summed E-state index contributed by atoms with van der Waals surface area (Å²) in [5.41, 5.74) is 0. The number of nitrogens with zero attached hydrogens (tertiary/aromatic N) is 1. The molecule has 1 aliphatic heterocycles. The summed E-state index contributed by atoms with van der Waals surface area (Å²) in [6, 6.07) is 0. The summed E-state index contributed by atoms with van der Waals surface area (Å²) in [5.74, 6) is 0.684. The molecule has 0 aromatic rings. The van der Waals surface area contributed by atoms with Crippen LogP contribution in [0.15, 0.2) is 0 Å². The molecule has 0 N–H and O–H groups in total. The fourth-order valence-electron chi connectivity index (χ4n) is 1.60. The lowest BCUT2D eigenvalue weighted by Crippen LogP contribution is -2.46. The molecular formula is C9H14BrNO2. The van der Waals surface area contributed by atoms with Gasteiger partial charge in [-0.1, -0.05) is 15.9 Å². The maximum atomic E-state index is 11.7. The second-order valence-corrected chi connectivity index (χ2v) is 4.35. The third-order valence-corrected chi connectivity index (χ3v) is 3.27. The lowest BCUT2D eigenvalue weighted by atomic mass is 10.2. The zero-order valence-corrected chi connectivity index (χ0v) is 9.13. The molecule has 0 aromatic carbocycles. The van der Waals surface area contributed by atoms with E-state index >= 15 is 0 Å². The Morgan fingerprint density at radius 3 is 2.92 bits per heavy atom. The molecule has 1 saturated carbocycles. The summed E-state index contributed by atoms with van der Waals surface area (Å²) in [4.78, 5) is 13.6. The molecule has 2 aliphatic rings. The van der Waals surface area contributed by atoms with Gasteiger partial charge in [-0.15, -0.1) is 0 Å². The van der Waals surface area contributed by atoms with Gasteiger partial charge >= 0.3 is 0 Å². The molecule has 1 saturated heterocycles. The molecule has 1 aliphatic carbocycles. The number of hydrogen-bond donors (Lipinski definition) is 0. The van der Waals surface area contributed by atoms with Gasteiger partial charge in [-0.05, 0) is 12.8 Å². The van der Waals surface area contributed by atoms with E-state index in [2.05, 4.69) is 15.9 Å². The van der Waals surface area contributed by atoms with E-state index < -0.39 is 0 Å². The van der Waals surface area contributed by atoms with Crippen molar-refractivity contribution < 1.29 is 9.53 Å². The van der Waals surface area contributed by atoms with Crippen LogP contribution in [0.3, 0.4) is 0 Å². The normalized spacial score (nSPS) is 29.0. The number of carbonyl (C=O) groups excluding carboxylic acids is 1. The van der Waals surface area contributed by atoms with Crippen LogP contribution in [0.5, 0.6) is 0 Å². The Kier molecular flexibility index (Phi) is 2.89. The van der Waals surface area contributed by atoms with Crippen molar-refractivity contribution in [2.24, 2.45) is 5.92 Å². The minimum Gasteiger partial charge on any atom is -0.374 e. The zero-order valence-electron chi connectivity index (χ0n) is 7.54. The number of ether oxygens (including phenoxy) is 1. The average molecular weight is 248 g/mol. The predicted molar refractivity (Wildman–Crippen MR) is 52.8 cm³/mol. The van der Waals surface area contributed by atoms with Gasteiger partial charge in [0.15, 0.2) is 0 Å². The summed E-state index contributed by atoms with van der Waals surface area (Å²) < 4.78 is 5.47. The number of alkyl halides is 1. The summed E-state index contributed by atoms with van der Waals surface area (Å²) >= 11 is 3.38. The highest BCUT2D eigenvalue weighted by molar-refractivity contribution is 9.09. The van der Waals surface area contributed by atoms with Crippen molar-refractivity contribution in [1.82, 2.24) is 4.90 Å². The van der Waals surface area contributed by atoms with Gasteiger partial charge in [-0.3, -0.25) is 4.79 Å². The van der Waals surface area contributed by atoms with E-state index in [4.69, 9.17) is 4.74 Å². The maximum absolute atomic E-state index is 11.7. The molecule has 0 radical (unpaired) electrons. The maximum Gasteiger partial charge on any atom is 0.225 e. The minimum atomic E-state index is 0.191. The van der Waals surface area contributed by atoms with Crippen molar-refractivity contribution in [3.05, 3.63) is 0 Å². The lowest BCUT2D eigenvalue weighted by molar-refractivity contribution is -0.139. The van der Waals surface area contributed by atoms with Crippen LogP contribution < -0.4 is 0 Å². The number of hydrogen-bond acceptors (Lipinski definition) is 2. The molecule has 3 nitrogen and oxygen atoms in total. The Bertz CT molecular complexity index is 206. The van der Waals surface area contributed by atoms with Crippen molar-refractivity contribution in [2.75, 3.05) is 25.0 Å². The van der Waals surface area contributed by atoms with E-state index in [1.54, 1.807) is 0 Å². The quantitative estimate of drug-likeness (QED) is 0.683. The van der Waals surface area contributed by atoms with E-state index in [0.717, 1.165) is 31.3 Å². The lowest BCUT2D eigenvalue weighted by Gasteiger charge is -2.32. The highest BCUT2D eigenvalue weighted by atomic mass is 79.9. The Labute approximate surface area is 86.5 Å². The molecule has 74 valence electrons. The first-order chi connectivity index (χ1) is 6.31. The van der Waals surface area contributed by atoms with Gasteiger partial charge in [0.05, 0.1) is 12.7 Å². The van der Waals surface area contributed by atoms with Gasteiger partial charge in [0.1, 0.15) is 0 Å². The monoisotopic (exact) mass is 247 g/mol. The van der Waals surface area contributed by atoms with Crippen molar-refractivity contribution in [1.29, 1.82) is 0 Å². The van der Waals surface area contributed by atoms with Crippen molar-refractivity contribution in [3.8, 4) is 0 Å². The zero-order chi connectivity index (χ0) is 9.26. The van der Waals surface area contributed by atoms with Crippen LogP contribution in [-0.2, 0) is 9.53 Å². The number of halogens is 1. The molecule has 1 heterocycles. The van der Waals surface area contributed by atoms with Gasteiger partial charge in [-0.25, -0.2) is 0 Å². The smallest absolute Gasteiger partial charge is 0.225 e. The molecule has 1 unspecified atom stereocenters. The Morgan fingerprint density at radius 1 is 1.54 bits per heavy atom. The topological polar surface area (TPSA) is 29.5 Å².